The second-order valence-corrected chi connectivity index (χ2v) is 3.64. The number of aldehydes is 1. The van der Waals surface area contributed by atoms with Gasteiger partial charge in [-0.15, -0.1) is 0 Å². The lowest BCUT2D eigenvalue weighted by molar-refractivity contribution is -0.107. The lowest BCUT2D eigenvalue weighted by atomic mass is 10.1. The Bertz CT molecular complexity index is 325. The second-order valence-electron chi connectivity index (χ2n) is 2.65. The Morgan fingerprint density at radius 2 is 1.93 bits per heavy atom. The summed E-state index contributed by atoms with van der Waals surface area (Å²) in [7, 11) is 3.13. The van der Waals surface area contributed by atoms with Crippen molar-refractivity contribution < 1.29 is 14.3 Å². The third kappa shape index (κ3) is 2.26. The van der Waals surface area contributed by atoms with Gasteiger partial charge in [0.2, 0.25) is 0 Å². The maximum absolute atomic E-state index is 10.5. The van der Waals surface area contributed by atoms with E-state index in [1.165, 1.54) is 0 Å². The van der Waals surface area contributed by atoms with Gasteiger partial charge in [-0.2, -0.15) is 0 Å². The number of benzene rings is 1. The number of halogens is 1. The highest BCUT2D eigenvalue weighted by molar-refractivity contribution is 9.09. The van der Waals surface area contributed by atoms with Crippen molar-refractivity contribution in [3.05, 3.63) is 23.8 Å². The van der Waals surface area contributed by atoms with Crippen LogP contribution >= 0.6 is 15.9 Å². The van der Waals surface area contributed by atoms with Crippen LogP contribution in [0.15, 0.2) is 18.2 Å². The zero-order valence-electron chi connectivity index (χ0n) is 7.99. The van der Waals surface area contributed by atoms with Gasteiger partial charge in [0.1, 0.15) is 6.29 Å². The Hall–Kier alpha value is -1.03. The van der Waals surface area contributed by atoms with Crippen molar-refractivity contribution in [2.24, 2.45) is 0 Å². The minimum absolute atomic E-state index is 0.303. The van der Waals surface area contributed by atoms with Crippen molar-refractivity contribution in [2.75, 3.05) is 14.2 Å². The maximum atomic E-state index is 10.5. The fourth-order valence-corrected chi connectivity index (χ4v) is 1.39. The number of methoxy groups -OCH3 is 2. The molecule has 1 aromatic rings. The molecule has 0 saturated carbocycles. The fraction of sp³-hybridized carbons (Fsp3) is 0.300. The molecule has 0 saturated heterocycles. The molecule has 1 unspecified atom stereocenters. The zero-order valence-corrected chi connectivity index (χ0v) is 9.58. The Morgan fingerprint density at radius 1 is 1.29 bits per heavy atom. The van der Waals surface area contributed by atoms with Crippen LogP contribution in [0.25, 0.3) is 0 Å². The van der Waals surface area contributed by atoms with Crippen LogP contribution in [0.5, 0.6) is 11.5 Å². The summed E-state index contributed by atoms with van der Waals surface area (Å²) in [5.41, 5.74) is 0.845. The second kappa shape index (κ2) is 5.00. The fourth-order valence-electron chi connectivity index (χ4n) is 1.10. The van der Waals surface area contributed by atoms with Crippen LogP contribution in [0.1, 0.15) is 10.4 Å². The van der Waals surface area contributed by atoms with E-state index < -0.39 is 0 Å². The van der Waals surface area contributed by atoms with Gasteiger partial charge >= 0.3 is 0 Å². The standard InChI is InChI=1S/C10H11BrO3/c1-13-9-4-3-7(8(11)6-12)5-10(9)14-2/h3-6,8H,1-2H3. The summed E-state index contributed by atoms with van der Waals surface area (Å²) in [6.45, 7) is 0. The number of hydrogen-bond donors (Lipinski definition) is 0. The molecule has 1 aromatic carbocycles. The van der Waals surface area contributed by atoms with E-state index in [9.17, 15) is 4.79 Å². The summed E-state index contributed by atoms with van der Waals surface area (Å²) < 4.78 is 10.2. The molecule has 0 N–H and O–H groups in total. The van der Waals surface area contributed by atoms with Crippen molar-refractivity contribution in [1.82, 2.24) is 0 Å². The molecule has 14 heavy (non-hydrogen) atoms. The van der Waals surface area contributed by atoms with Gasteiger partial charge in [0.25, 0.3) is 0 Å². The molecule has 1 atom stereocenters. The molecule has 0 aliphatic rings. The molecular formula is C10H11BrO3. The van der Waals surface area contributed by atoms with Crippen molar-refractivity contribution >= 4 is 22.2 Å². The Labute approximate surface area is 91.1 Å². The molecule has 0 aromatic heterocycles. The van der Waals surface area contributed by atoms with Gasteiger partial charge in [-0.05, 0) is 17.7 Å². The first kappa shape index (κ1) is 11.0. The number of rotatable bonds is 4. The van der Waals surface area contributed by atoms with Crippen LogP contribution in [0.2, 0.25) is 0 Å². The van der Waals surface area contributed by atoms with Gasteiger partial charge in [-0.1, -0.05) is 22.0 Å². The molecule has 0 fully saturated rings. The molecule has 0 radical (unpaired) electrons. The van der Waals surface area contributed by atoms with Crippen LogP contribution in [0.4, 0.5) is 0 Å². The molecule has 0 amide bonds. The first-order valence-electron chi connectivity index (χ1n) is 4.04. The molecule has 3 nitrogen and oxygen atoms in total. The number of hydrogen-bond acceptors (Lipinski definition) is 3. The van der Waals surface area contributed by atoms with Gasteiger partial charge in [0, 0.05) is 0 Å². The van der Waals surface area contributed by atoms with Gasteiger partial charge in [-0.25, -0.2) is 0 Å². The van der Waals surface area contributed by atoms with Crippen molar-refractivity contribution in [3.8, 4) is 11.5 Å². The van der Waals surface area contributed by atoms with Crippen molar-refractivity contribution in [3.63, 3.8) is 0 Å². The number of ether oxygens (including phenoxy) is 2. The van der Waals surface area contributed by atoms with Crippen LogP contribution in [0.3, 0.4) is 0 Å². The highest BCUT2D eigenvalue weighted by atomic mass is 79.9. The van der Waals surface area contributed by atoms with Crippen LogP contribution in [-0.4, -0.2) is 20.5 Å². The minimum atomic E-state index is -0.303. The molecule has 1 rings (SSSR count). The third-order valence-corrected chi connectivity index (χ3v) is 2.59. The lowest BCUT2D eigenvalue weighted by Gasteiger charge is -2.09. The molecule has 4 heteroatoms. The van der Waals surface area contributed by atoms with Crippen LogP contribution in [-0.2, 0) is 4.79 Å². The molecule has 0 aliphatic heterocycles. The Balaban J connectivity index is 3.06. The third-order valence-electron chi connectivity index (χ3n) is 1.85. The van der Waals surface area contributed by atoms with Gasteiger partial charge in [0.05, 0.1) is 19.0 Å². The summed E-state index contributed by atoms with van der Waals surface area (Å²) in [5, 5.41) is 0. The minimum Gasteiger partial charge on any atom is -0.493 e. The number of carbonyl (C=O) groups is 1. The van der Waals surface area contributed by atoms with Gasteiger partial charge in [0.15, 0.2) is 11.5 Å². The summed E-state index contributed by atoms with van der Waals surface area (Å²) in [6, 6.07) is 5.35. The lowest BCUT2D eigenvalue weighted by Crippen LogP contribution is -1.95. The quantitative estimate of drug-likeness (QED) is 0.615. The molecule has 0 spiro atoms. The van der Waals surface area contributed by atoms with E-state index in [0.29, 0.717) is 11.5 Å². The van der Waals surface area contributed by atoms with E-state index in [1.807, 2.05) is 6.07 Å². The van der Waals surface area contributed by atoms with Gasteiger partial charge < -0.3 is 14.3 Å². The van der Waals surface area contributed by atoms with Crippen LogP contribution in [0, 0.1) is 0 Å². The molecule has 76 valence electrons. The highest BCUT2D eigenvalue weighted by Gasteiger charge is 2.09. The number of alkyl halides is 1. The van der Waals surface area contributed by atoms with Crippen molar-refractivity contribution in [1.29, 1.82) is 0 Å². The molecule has 0 bridgehead atoms. The molecular weight excluding hydrogens is 248 g/mol. The summed E-state index contributed by atoms with van der Waals surface area (Å²) in [4.78, 5) is 10.2. The topological polar surface area (TPSA) is 35.5 Å². The molecule has 0 heterocycles. The average molecular weight is 259 g/mol. The highest BCUT2D eigenvalue weighted by Crippen LogP contribution is 2.31. The maximum Gasteiger partial charge on any atom is 0.161 e. The number of carbonyl (C=O) groups excluding carboxylic acids is 1. The van der Waals surface area contributed by atoms with E-state index in [0.717, 1.165) is 11.8 Å². The SMILES string of the molecule is COc1ccc(C(Br)C=O)cc1OC. The van der Waals surface area contributed by atoms with Crippen LogP contribution < -0.4 is 9.47 Å². The smallest absolute Gasteiger partial charge is 0.161 e. The summed E-state index contributed by atoms with van der Waals surface area (Å²) in [5.74, 6) is 1.28. The Morgan fingerprint density at radius 3 is 2.43 bits per heavy atom. The Kier molecular flexibility index (Phi) is 3.95. The monoisotopic (exact) mass is 258 g/mol. The summed E-state index contributed by atoms with van der Waals surface area (Å²) >= 11 is 3.23. The summed E-state index contributed by atoms with van der Waals surface area (Å²) in [6.07, 6.45) is 0.821. The van der Waals surface area contributed by atoms with E-state index >= 15 is 0 Å². The average Bonchev–Trinajstić information content (AvgIpc) is 2.26. The molecule has 0 aliphatic carbocycles. The predicted molar refractivity (Wildman–Crippen MR) is 57.3 cm³/mol. The predicted octanol–water partition coefficient (Wildman–Crippen LogP) is 2.34. The van der Waals surface area contributed by atoms with Crippen molar-refractivity contribution in [2.45, 2.75) is 4.83 Å². The van der Waals surface area contributed by atoms with E-state index in [2.05, 4.69) is 15.9 Å². The first-order chi connectivity index (χ1) is 6.72. The normalized spacial score (nSPS) is 11.9. The van der Waals surface area contributed by atoms with E-state index in [1.54, 1.807) is 26.4 Å². The zero-order chi connectivity index (χ0) is 10.6. The van der Waals surface area contributed by atoms with Gasteiger partial charge in [-0.3, -0.25) is 0 Å². The first-order valence-corrected chi connectivity index (χ1v) is 4.95. The largest absolute Gasteiger partial charge is 0.493 e. The van der Waals surface area contributed by atoms with E-state index in [-0.39, 0.29) is 4.83 Å². The van der Waals surface area contributed by atoms with E-state index in [4.69, 9.17) is 9.47 Å².